The van der Waals surface area contributed by atoms with Crippen molar-refractivity contribution in [2.45, 2.75) is 32.4 Å². The van der Waals surface area contributed by atoms with Gasteiger partial charge in [-0.1, -0.05) is 32.0 Å². The molecule has 0 spiro atoms. The second kappa shape index (κ2) is 8.15. The Hall–Kier alpha value is -3.61. The number of rotatable bonds is 5. The molecule has 3 aromatic carbocycles. The van der Waals surface area contributed by atoms with Crippen LogP contribution in [0.4, 0.5) is 18.9 Å². The molecular weight excluding hydrogens is 419 g/mol. The van der Waals surface area contributed by atoms with Gasteiger partial charge < -0.3 is 4.74 Å². The van der Waals surface area contributed by atoms with Crippen LogP contribution in [0.1, 0.15) is 51.6 Å². The number of carbonyl (C=O) groups is 2. The third kappa shape index (κ3) is 4.37. The van der Waals surface area contributed by atoms with E-state index in [1.54, 1.807) is 24.3 Å². The zero-order chi connectivity index (χ0) is 23.0. The van der Waals surface area contributed by atoms with E-state index < -0.39 is 24.4 Å². The lowest BCUT2D eigenvalue weighted by atomic mass is 10.0. The lowest BCUT2D eigenvalue weighted by Crippen LogP contribution is -2.29. The second-order valence-electron chi connectivity index (χ2n) is 7.94. The van der Waals surface area contributed by atoms with E-state index in [1.165, 1.54) is 17.7 Å². The molecule has 0 unspecified atom stereocenters. The van der Waals surface area contributed by atoms with Gasteiger partial charge in [0.25, 0.3) is 11.8 Å². The van der Waals surface area contributed by atoms with E-state index in [9.17, 15) is 22.8 Å². The molecule has 0 bridgehead atoms. The van der Waals surface area contributed by atoms with Crippen molar-refractivity contribution in [2.75, 3.05) is 4.90 Å². The number of nitrogens with zero attached hydrogens (tertiary/aromatic N) is 1. The van der Waals surface area contributed by atoms with E-state index >= 15 is 0 Å². The number of amides is 2. The maximum atomic E-state index is 12.8. The number of fused-ring (bicyclic) bond motifs is 1. The topological polar surface area (TPSA) is 46.6 Å². The van der Waals surface area contributed by atoms with Gasteiger partial charge in [0.2, 0.25) is 0 Å². The molecule has 0 atom stereocenters. The van der Waals surface area contributed by atoms with Crippen LogP contribution in [-0.4, -0.2) is 18.0 Å². The van der Waals surface area contributed by atoms with Gasteiger partial charge in [0.05, 0.1) is 23.2 Å². The Balaban J connectivity index is 1.52. The largest absolute Gasteiger partial charge is 0.457 e. The van der Waals surface area contributed by atoms with Gasteiger partial charge in [-0.2, -0.15) is 13.2 Å². The fraction of sp³-hybridized carbons (Fsp3) is 0.200. The third-order valence-corrected chi connectivity index (χ3v) is 5.23. The summed E-state index contributed by atoms with van der Waals surface area (Å²) in [5.74, 6) is 0.371. The van der Waals surface area contributed by atoms with Gasteiger partial charge in [0, 0.05) is 0 Å². The minimum atomic E-state index is -4.40. The van der Waals surface area contributed by atoms with Crippen molar-refractivity contribution < 1.29 is 27.5 Å². The summed E-state index contributed by atoms with van der Waals surface area (Å²) in [6.07, 6.45) is -5.56. The highest BCUT2D eigenvalue weighted by atomic mass is 19.4. The number of imide groups is 1. The van der Waals surface area contributed by atoms with Crippen LogP contribution in [0.5, 0.6) is 11.5 Å². The Labute approximate surface area is 183 Å². The van der Waals surface area contributed by atoms with Crippen molar-refractivity contribution in [1.29, 1.82) is 0 Å². The summed E-state index contributed by atoms with van der Waals surface area (Å²) in [5.41, 5.74) is 1.51. The van der Waals surface area contributed by atoms with Crippen LogP contribution in [-0.2, 0) is 6.42 Å². The van der Waals surface area contributed by atoms with Gasteiger partial charge in [0.1, 0.15) is 11.5 Å². The van der Waals surface area contributed by atoms with Gasteiger partial charge in [-0.05, 0) is 65.6 Å². The van der Waals surface area contributed by atoms with Gasteiger partial charge >= 0.3 is 6.18 Å². The molecule has 0 N–H and O–H groups in total. The number of halogens is 3. The maximum Gasteiger partial charge on any atom is 0.393 e. The fourth-order valence-electron chi connectivity index (χ4n) is 3.58. The molecule has 1 heterocycles. The van der Waals surface area contributed by atoms with Crippen LogP contribution >= 0.6 is 0 Å². The van der Waals surface area contributed by atoms with E-state index in [0.717, 1.165) is 11.0 Å². The molecule has 1 aliphatic rings. The number of ether oxygens (including phenoxy) is 1. The Morgan fingerprint density at radius 3 is 1.94 bits per heavy atom. The number of hydrogen-bond donors (Lipinski definition) is 0. The Kier molecular flexibility index (Phi) is 5.50. The molecule has 164 valence electrons. The smallest absolute Gasteiger partial charge is 0.393 e. The summed E-state index contributed by atoms with van der Waals surface area (Å²) in [4.78, 5) is 26.5. The monoisotopic (exact) mass is 439 g/mol. The maximum absolute atomic E-state index is 12.8. The molecule has 0 saturated carbocycles. The van der Waals surface area contributed by atoms with Crippen LogP contribution in [0.3, 0.4) is 0 Å². The summed E-state index contributed by atoms with van der Waals surface area (Å²) >= 11 is 0. The molecule has 0 aliphatic carbocycles. The van der Waals surface area contributed by atoms with Crippen LogP contribution in [0.25, 0.3) is 0 Å². The van der Waals surface area contributed by atoms with Crippen molar-refractivity contribution in [3.05, 3.63) is 89.0 Å². The number of hydrogen-bond acceptors (Lipinski definition) is 3. The first-order valence-corrected chi connectivity index (χ1v) is 10.1. The van der Waals surface area contributed by atoms with Crippen molar-refractivity contribution in [1.82, 2.24) is 0 Å². The van der Waals surface area contributed by atoms with Crippen LogP contribution in [0, 0.1) is 0 Å². The van der Waals surface area contributed by atoms with E-state index in [-0.39, 0.29) is 16.7 Å². The molecule has 0 saturated heterocycles. The van der Waals surface area contributed by atoms with Gasteiger partial charge in [-0.3, -0.25) is 9.59 Å². The zero-order valence-electron chi connectivity index (χ0n) is 17.4. The van der Waals surface area contributed by atoms with Crippen molar-refractivity contribution in [2.24, 2.45) is 0 Å². The predicted molar refractivity (Wildman–Crippen MR) is 114 cm³/mol. The molecule has 3 aromatic rings. The van der Waals surface area contributed by atoms with E-state index in [0.29, 0.717) is 23.1 Å². The molecule has 32 heavy (non-hydrogen) atoms. The molecular formula is C25H20F3NO3. The fourth-order valence-corrected chi connectivity index (χ4v) is 3.58. The average molecular weight is 439 g/mol. The first-order chi connectivity index (χ1) is 15.1. The standard InChI is InChI=1S/C25H20F3NO3/c1-15(2)17-4-8-19(9-5-17)32-20-10-6-18(7-11-20)29-23(30)21-12-3-16(14-25(26,27)28)13-22(21)24(29)31/h3-13,15H,14H2,1-2H3. The molecule has 7 heteroatoms. The number of carbonyl (C=O) groups excluding carboxylic acids is 2. The Bertz CT molecular complexity index is 1170. The number of alkyl halides is 3. The first kappa shape index (κ1) is 21.6. The Morgan fingerprint density at radius 2 is 1.38 bits per heavy atom. The molecule has 1 aliphatic heterocycles. The van der Waals surface area contributed by atoms with E-state index in [2.05, 4.69) is 13.8 Å². The average Bonchev–Trinajstić information content (AvgIpc) is 2.98. The summed E-state index contributed by atoms with van der Waals surface area (Å²) < 4.78 is 43.9. The van der Waals surface area contributed by atoms with E-state index in [1.807, 2.05) is 24.3 Å². The predicted octanol–water partition coefficient (Wildman–Crippen LogP) is 6.51. The molecule has 4 nitrogen and oxygen atoms in total. The molecule has 0 radical (unpaired) electrons. The van der Waals surface area contributed by atoms with Crippen molar-refractivity contribution >= 4 is 17.5 Å². The third-order valence-electron chi connectivity index (χ3n) is 5.23. The van der Waals surface area contributed by atoms with Crippen molar-refractivity contribution in [3.8, 4) is 11.5 Å². The summed E-state index contributed by atoms with van der Waals surface area (Å²) in [6, 6.07) is 17.7. The Morgan fingerprint density at radius 1 is 0.812 bits per heavy atom. The molecule has 0 aromatic heterocycles. The highest BCUT2D eigenvalue weighted by Gasteiger charge is 2.37. The normalized spacial score (nSPS) is 13.6. The van der Waals surface area contributed by atoms with Crippen LogP contribution < -0.4 is 9.64 Å². The number of benzene rings is 3. The van der Waals surface area contributed by atoms with Gasteiger partial charge in [0.15, 0.2) is 0 Å². The SMILES string of the molecule is CC(C)c1ccc(Oc2ccc(N3C(=O)c4ccc(CC(F)(F)F)cc4C3=O)cc2)cc1. The lowest BCUT2D eigenvalue weighted by Gasteiger charge is -2.15. The minimum absolute atomic E-state index is 0.0256. The molecule has 4 rings (SSSR count). The molecule has 2 amide bonds. The summed E-state index contributed by atoms with van der Waals surface area (Å²) in [6.45, 7) is 4.20. The quantitative estimate of drug-likeness (QED) is 0.426. The minimum Gasteiger partial charge on any atom is -0.457 e. The van der Waals surface area contributed by atoms with Crippen molar-refractivity contribution in [3.63, 3.8) is 0 Å². The van der Waals surface area contributed by atoms with Crippen LogP contribution in [0.2, 0.25) is 0 Å². The molecule has 0 fully saturated rings. The second-order valence-corrected chi connectivity index (χ2v) is 7.94. The lowest BCUT2D eigenvalue weighted by molar-refractivity contribution is -0.127. The van der Waals surface area contributed by atoms with E-state index in [4.69, 9.17) is 4.74 Å². The highest BCUT2D eigenvalue weighted by Crippen LogP contribution is 2.32. The summed E-state index contributed by atoms with van der Waals surface area (Å²) in [7, 11) is 0. The number of anilines is 1. The summed E-state index contributed by atoms with van der Waals surface area (Å²) in [5, 5.41) is 0. The van der Waals surface area contributed by atoms with Crippen LogP contribution in [0.15, 0.2) is 66.7 Å². The van der Waals surface area contributed by atoms with Gasteiger partial charge in [-0.15, -0.1) is 0 Å². The zero-order valence-corrected chi connectivity index (χ0v) is 17.4. The first-order valence-electron chi connectivity index (χ1n) is 10.1. The highest BCUT2D eigenvalue weighted by molar-refractivity contribution is 6.34. The van der Waals surface area contributed by atoms with Gasteiger partial charge in [-0.25, -0.2) is 4.90 Å².